The van der Waals surface area contributed by atoms with Gasteiger partial charge in [0, 0.05) is 18.0 Å². The molecule has 0 aliphatic heterocycles. The van der Waals surface area contributed by atoms with Gasteiger partial charge in [0.1, 0.15) is 7.85 Å². The van der Waals surface area contributed by atoms with Gasteiger partial charge in [0.15, 0.2) is 0 Å². The first kappa shape index (κ1) is 10.7. The zero-order chi connectivity index (χ0) is 12.4. The number of rotatable bonds is 2. The molecule has 2 heterocycles. The van der Waals surface area contributed by atoms with Crippen LogP contribution in [0.2, 0.25) is 0 Å². The molecule has 4 nitrogen and oxygen atoms in total. The Morgan fingerprint density at radius 1 is 0.944 bits per heavy atom. The zero-order valence-electron chi connectivity index (χ0n) is 9.87. The summed E-state index contributed by atoms with van der Waals surface area (Å²) in [6, 6.07) is 11.7. The van der Waals surface area contributed by atoms with Gasteiger partial charge in [-0.3, -0.25) is 4.98 Å². The Labute approximate surface area is 105 Å². The third kappa shape index (κ3) is 2.02. The van der Waals surface area contributed by atoms with E-state index in [1.54, 1.807) is 12.4 Å². The average Bonchev–Trinajstić information content (AvgIpc) is 2.89. The SMILES string of the molecule is Bc1cccc(-c2nnc(-c3cccnc3)o2)c1. The molecule has 0 saturated carbocycles. The van der Waals surface area contributed by atoms with E-state index in [1.807, 2.05) is 44.2 Å². The van der Waals surface area contributed by atoms with Crippen LogP contribution in [0.25, 0.3) is 22.9 Å². The molecule has 0 N–H and O–H groups in total. The van der Waals surface area contributed by atoms with Crippen molar-refractivity contribution in [1.29, 1.82) is 0 Å². The molecule has 0 atom stereocenters. The third-order valence-corrected chi connectivity index (χ3v) is 2.60. The van der Waals surface area contributed by atoms with Crippen LogP contribution in [0.4, 0.5) is 0 Å². The maximum Gasteiger partial charge on any atom is 0.249 e. The highest BCUT2D eigenvalue weighted by Gasteiger charge is 2.10. The number of aromatic nitrogens is 3. The van der Waals surface area contributed by atoms with E-state index >= 15 is 0 Å². The summed E-state index contributed by atoms with van der Waals surface area (Å²) in [6.07, 6.45) is 3.41. The minimum absolute atomic E-state index is 0.486. The van der Waals surface area contributed by atoms with Crippen molar-refractivity contribution < 1.29 is 4.42 Å². The highest BCUT2D eigenvalue weighted by Crippen LogP contribution is 2.22. The van der Waals surface area contributed by atoms with Gasteiger partial charge in [0.25, 0.3) is 0 Å². The molecular formula is C13H10BN3O. The monoisotopic (exact) mass is 235 g/mol. The molecule has 18 heavy (non-hydrogen) atoms. The fourth-order valence-corrected chi connectivity index (χ4v) is 1.72. The molecule has 0 saturated heterocycles. The number of nitrogens with zero attached hydrogens (tertiary/aromatic N) is 3. The highest BCUT2D eigenvalue weighted by molar-refractivity contribution is 6.32. The van der Waals surface area contributed by atoms with Gasteiger partial charge in [-0.1, -0.05) is 23.7 Å². The summed E-state index contributed by atoms with van der Waals surface area (Å²) in [4.78, 5) is 4.03. The molecule has 1 aromatic carbocycles. The molecule has 0 aliphatic carbocycles. The molecule has 3 aromatic rings. The van der Waals surface area contributed by atoms with Gasteiger partial charge in [0.05, 0.1) is 5.56 Å². The van der Waals surface area contributed by atoms with Crippen LogP contribution in [0.5, 0.6) is 0 Å². The summed E-state index contributed by atoms with van der Waals surface area (Å²) in [5.74, 6) is 1.01. The molecule has 0 amide bonds. The van der Waals surface area contributed by atoms with Crippen molar-refractivity contribution in [1.82, 2.24) is 15.2 Å². The second-order valence-corrected chi connectivity index (χ2v) is 4.02. The van der Waals surface area contributed by atoms with E-state index < -0.39 is 0 Å². The van der Waals surface area contributed by atoms with Crippen LogP contribution in [0, 0.1) is 0 Å². The van der Waals surface area contributed by atoms with Crippen LogP contribution in [0.1, 0.15) is 0 Å². The Morgan fingerprint density at radius 2 is 1.72 bits per heavy atom. The molecular weight excluding hydrogens is 225 g/mol. The average molecular weight is 235 g/mol. The smallest absolute Gasteiger partial charge is 0.249 e. The molecule has 5 heteroatoms. The topological polar surface area (TPSA) is 51.8 Å². The summed E-state index contributed by atoms with van der Waals surface area (Å²) in [5, 5.41) is 8.10. The van der Waals surface area contributed by atoms with Crippen molar-refractivity contribution in [2.24, 2.45) is 0 Å². The van der Waals surface area contributed by atoms with Crippen LogP contribution >= 0.6 is 0 Å². The first-order valence-corrected chi connectivity index (χ1v) is 5.64. The molecule has 0 fully saturated rings. The van der Waals surface area contributed by atoms with Crippen LogP contribution < -0.4 is 5.46 Å². The largest absolute Gasteiger partial charge is 0.416 e. The van der Waals surface area contributed by atoms with Crippen molar-refractivity contribution in [2.45, 2.75) is 0 Å². The minimum Gasteiger partial charge on any atom is -0.416 e. The van der Waals surface area contributed by atoms with E-state index in [0.717, 1.165) is 16.6 Å². The molecule has 0 bridgehead atoms. The fraction of sp³-hybridized carbons (Fsp3) is 0. The maximum atomic E-state index is 5.65. The van der Waals surface area contributed by atoms with E-state index in [2.05, 4.69) is 15.2 Å². The van der Waals surface area contributed by atoms with E-state index in [9.17, 15) is 0 Å². The molecule has 3 rings (SSSR count). The van der Waals surface area contributed by atoms with Crippen molar-refractivity contribution in [2.75, 3.05) is 0 Å². The van der Waals surface area contributed by atoms with Crippen LogP contribution in [-0.4, -0.2) is 23.0 Å². The van der Waals surface area contributed by atoms with Gasteiger partial charge in [-0.05, 0) is 18.2 Å². The Balaban J connectivity index is 2.00. The lowest BCUT2D eigenvalue weighted by molar-refractivity contribution is 0.584. The quantitative estimate of drug-likeness (QED) is 0.623. The predicted molar refractivity (Wildman–Crippen MR) is 71.1 cm³/mol. The molecule has 0 aliphatic rings. The second kappa shape index (κ2) is 4.45. The second-order valence-electron chi connectivity index (χ2n) is 4.02. The highest BCUT2D eigenvalue weighted by atomic mass is 16.4. The molecule has 0 spiro atoms. The molecule has 2 aromatic heterocycles. The number of hydrogen-bond donors (Lipinski definition) is 0. The zero-order valence-corrected chi connectivity index (χ0v) is 9.87. The molecule has 0 radical (unpaired) electrons. The Bertz CT molecular complexity index is 667. The minimum atomic E-state index is 0.486. The maximum absolute atomic E-state index is 5.65. The van der Waals surface area contributed by atoms with Crippen molar-refractivity contribution in [3.05, 3.63) is 48.8 Å². The normalized spacial score (nSPS) is 10.4. The first-order chi connectivity index (χ1) is 8.83. The Hall–Kier alpha value is -2.43. The van der Waals surface area contributed by atoms with E-state index in [1.165, 1.54) is 0 Å². The van der Waals surface area contributed by atoms with Crippen molar-refractivity contribution >= 4 is 13.3 Å². The summed E-state index contributed by atoms with van der Waals surface area (Å²) < 4.78 is 5.65. The van der Waals surface area contributed by atoms with Gasteiger partial charge in [-0.25, -0.2) is 0 Å². The standard InChI is InChI=1S/C13H10BN3O/c14-11-5-1-3-9(7-11)12-16-17-13(18-12)10-4-2-6-15-8-10/h1-8H,14H2. The van der Waals surface area contributed by atoms with E-state index in [0.29, 0.717) is 11.8 Å². The van der Waals surface area contributed by atoms with Crippen molar-refractivity contribution in [3.63, 3.8) is 0 Å². The van der Waals surface area contributed by atoms with Gasteiger partial charge in [0.2, 0.25) is 11.8 Å². The van der Waals surface area contributed by atoms with Crippen LogP contribution in [-0.2, 0) is 0 Å². The lowest BCUT2D eigenvalue weighted by atomic mass is 9.94. The van der Waals surface area contributed by atoms with E-state index in [-0.39, 0.29) is 0 Å². The Kier molecular flexibility index (Phi) is 2.65. The van der Waals surface area contributed by atoms with Gasteiger partial charge in [-0.15, -0.1) is 10.2 Å². The summed E-state index contributed by atoms with van der Waals surface area (Å²) in [6.45, 7) is 0. The summed E-state index contributed by atoms with van der Waals surface area (Å²) >= 11 is 0. The summed E-state index contributed by atoms with van der Waals surface area (Å²) in [5.41, 5.74) is 2.91. The lowest BCUT2D eigenvalue weighted by Crippen LogP contribution is -2.00. The predicted octanol–water partition coefficient (Wildman–Crippen LogP) is 1.06. The summed E-state index contributed by atoms with van der Waals surface area (Å²) in [7, 11) is 2.03. The van der Waals surface area contributed by atoms with Crippen LogP contribution in [0.15, 0.2) is 53.2 Å². The lowest BCUT2D eigenvalue weighted by Gasteiger charge is -1.96. The first-order valence-electron chi connectivity index (χ1n) is 5.64. The number of hydrogen-bond acceptors (Lipinski definition) is 4. The van der Waals surface area contributed by atoms with Crippen molar-refractivity contribution in [3.8, 4) is 22.9 Å². The molecule has 86 valence electrons. The fourth-order valence-electron chi connectivity index (χ4n) is 1.72. The Morgan fingerprint density at radius 3 is 2.44 bits per heavy atom. The molecule has 0 unspecified atom stereocenters. The van der Waals surface area contributed by atoms with E-state index in [4.69, 9.17) is 4.42 Å². The van der Waals surface area contributed by atoms with Gasteiger partial charge < -0.3 is 4.42 Å². The van der Waals surface area contributed by atoms with Crippen LogP contribution in [0.3, 0.4) is 0 Å². The van der Waals surface area contributed by atoms with Gasteiger partial charge in [-0.2, -0.15) is 0 Å². The third-order valence-electron chi connectivity index (χ3n) is 2.60. The number of pyridine rings is 1. The number of benzene rings is 1. The van der Waals surface area contributed by atoms with Gasteiger partial charge >= 0.3 is 0 Å².